The van der Waals surface area contributed by atoms with Crippen molar-refractivity contribution in [2.24, 2.45) is 5.10 Å². The third-order valence-corrected chi connectivity index (χ3v) is 4.35. The third-order valence-electron chi connectivity index (χ3n) is 4.35. The van der Waals surface area contributed by atoms with Crippen molar-refractivity contribution in [3.05, 3.63) is 54.1 Å². The minimum absolute atomic E-state index is 0.421. The smallest absolute Gasteiger partial charge is 0.339 e. The van der Waals surface area contributed by atoms with E-state index in [2.05, 4.69) is 32.9 Å². The first-order valence-corrected chi connectivity index (χ1v) is 8.84. The number of hydrazone groups is 1. The molecule has 2 aromatic carbocycles. The van der Waals surface area contributed by atoms with E-state index in [1.807, 2.05) is 24.3 Å². The van der Waals surface area contributed by atoms with E-state index in [0.717, 1.165) is 18.7 Å². The summed E-state index contributed by atoms with van der Waals surface area (Å²) in [6.07, 6.45) is 5.47. The van der Waals surface area contributed by atoms with Crippen molar-refractivity contribution in [1.29, 1.82) is 0 Å². The molecule has 1 heterocycles. The fraction of sp³-hybridized carbons (Fsp3) is 0.300. The molecule has 0 radical (unpaired) electrons. The average molecular weight is 352 g/mol. The summed E-state index contributed by atoms with van der Waals surface area (Å²) in [5.41, 5.74) is 5.23. The van der Waals surface area contributed by atoms with E-state index < -0.39 is 6.03 Å². The van der Waals surface area contributed by atoms with Crippen molar-refractivity contribution in [3.63, 3.8) is 0 Å². The lowest BCUT2D eigenvalue weighted by molar-refractivity contribution is 0.252. The molecule has 136 valence electrons. The van der Waals surface area contributed by atoms with Crippen LogP contribution in [0.4, 0.5) is 16.2 Å². The fourth-order valence-corrected chi connectivity index (χ4v) is 2.99. The monoisotopic (exact) mass is 352 g/mol. The molecule has 0 bridgehead atoms. The minimum Gasteiger partial charge on any atom is -0.495 e. The lowest BCUT2D eigenvalue weighted by Gasteiger charge is -2.28. The standard InChI is InChI=1S/C20H24N4O2/c1-26-19-8-4-3-7-18(19)22-20(25)23-21-15-16-9-11-17(12-10-16)24-13-5-2-6-14-24/h3-4,7-12,15H,2,5-6,13-14H2,1H3,(H2,22,23,25)/b21-15-. The van der Waals surface area contributed by atoms with Crippen LogP contribution < -0.4 is 20.4 Å². The molecule has 6 heteroatoms. The second-order valence-electron chi connectivity index (χ2n) is 6.16. The molecule has 0 atom stereocenters. The summed E-state index contributed by atoms with van der Waals surface area (Å²) in [5, 5.41) is 6.70. The molecule has 0 unspecified atom stereocenters. The van der Waals surface area contributed by atoms with Gasteiger partial charge in [0.15, 0.2) is 0 Å². The van der Waals surface area contributed by atoms with Gasteiger partial charge in [-0.05, 0) is 49.1 Å². The number of urea groups is 1. The number of amides is 2. The van der Waals surface area contributed by atoms with Crippen LogP contribution in [-0.4, -0.2) is 32.4 Å². The van der Waals surface area contributed by atoms with E-state index in [1.165, 1.54) is 24.9 Å². The molecule has 2 amide bonds. The number of carbonyl (C=O) groups is 1. The number of carbonyl (C=O) groups excluding carboxylic acids is 1. The van der Waals surface area contributed by atoms with Gasteiger partial charge < -0.3 is 15.0 Å². The van der Waals surface area contributed by atoms with Gasteiger partial charge in [0.2, 0.25) is 0 Å². The van der Waals surface area contributed by atoms with Crippen LogP contribution in [0, 0.1) is 0 Å². The molecule has 1 fully saturated rings. The van der Waals surface area contributed by atoms with Gasteiger partial charge in [-0.1, -0.05) is 24.3 Å². The molecule has 0 saturated carbocycles. The summed E-state index contributed by atoms with van der Waals surface area (Å²) in [7, 11) is 1.56. The van der Waals surface area contributed by atoms with E-state index in [0.29, 0.717) is 11.4 Å². The summed E-state index contributed by atoms with van der Waals surface area (Å²) in [5.74, 6) is 0.597. The third kappa shape index (κ3) is 4.75. The minimum atomic E-state index is -0.421. The van der Waals surface area contributed by atoms with Crippen molar-refractivity contribution >= 4 is 23.6 Å². The van der Waals surface area contributed by atoms with Crippen LogP contribution in [-0.2, 0) is 0 Å². The number of para-hydroxylation sites is 2. The zero-order chi connectivity index (χ0) is 18.2. The summed E-state index contributed by atoms with van der Waals surface area (Å²) >= 11 is 0. The molecule has 26 heavy (non-hydrogen) atoms. The van der Waals surface area contributed by atoms with E-state index >= 15 is 0 Å². The Morgan fingerprint density at radius 1 is 1.08 bits per heavy atom. The Hall–Kier alpha value is -3.02. The Morgan fingerprint density at radius 2 is 1.81 bits per heavy atom. The first kappa shape index (κ1) is 17.8. The van der Waals surface area contributed by atoms with Crippen molar-refractivity contribution in [1.82, 2.24) is 5.43 Å². The molecular formula is C20H24N4O2. The van der Waals surface area contributed by atoms with E-state index in [9.17, 15) is 4.79 Å². The van der Waals surface area contributed by atoms with Crippen molar-refractivity contribution < 1.29 is 9.53 Å². The average Bonchev–Trinajstić information content (AvgIpc) is 2.69. The molecule has 0 spiro atoms. The Kier molecular flexibility index (Phi) is 6.09. The number of benzene rings is 2. The van der Waals surface area contributed by atoms with Gasteiger partial charge in [0.1, 0.15) is 5.75 Å². The van der Waals surface area contributed by atoms with E-state index in [1.54, 1.807) is 25.5 Å². The molecule has 0 aliphatic carbocycles. The van der Waals surface area contributed by atoms with Crippen LogP contribution in [0.2, 0.25) is 0 Å². The number of ether oxygens (including phenoxy) is 1. The van der Waals surface area contributed by atoms with Gasteiger partial charge in [0.25, 0.3) is 0 Å². The molecule has 0 aromatic heterocycles. The molecular weight excluding hydrogens is 328 g/mol. The largest absolute Gasteiger partial charge is 0.495 e. The molecule has 1 aliphatic rings. The number of hydrogen-bond donors (Lipinski definition) is 2. The van der Waals surface area contributed by atoms with Crippen molar-refractivity contribution in [3.8, 4) is 5.75 Å². The number of methoxy groups -OCH3 is 1. The Morgan fingerprint density at radius 3 is 2.54 bits per heavy atom. The first-order valence-electron chi connectivity index (χ1n) is 8.84. The summed E-state index contributed by atoms with van der Waals surface area (Å²) in [6.45, 7) is 2.25. The SMILES string of the molecule is COc1ccccc1NC(=O)N/N=C\c1ccc(N2CCCCC2)cc1. The highest BCUT2D eigenvalue weighted by atomic mass is 16.5. The van der Waals surface area contributed by atoms with Gasteiger partial charge in [-0.25, -0.2) is 10.2 Å². The Bertz CT molecular complexity index is 753. The van der Waals surface area contributed by atoms with Gasteiger partial charge in [0, 0.05) is 18.8 Å². The predicted octanol–water partition coefficient (Wildman–Crippen LogP) is 3.84. The molecule has 3 rings (SSSR count). The van der Waals surface area contributed by atoms with Gasteiger partial charge in [0.05, 0.1) is 19.0 Å². The number of nitrogens with one attached hydrogen (secondary N) is 2. The Balaban J connectivity index is 1.52. The second-order valence-corrected chi connectivity index (χ2v) is 6.16. The maximum Gasteiger partial charge on any atom is 0.339 e. The summed E-state index contributed by atoms with van der Waals surface area (Å²) < 4.78 is 5.20. The molecule has 2 aromatic rings. The van der Waals surface area contributed by atoms with Crippen LogP contribution in [0.3, 0.4) is 0 Å². The predicted molar refractivity (Wildman–Crippen MR) is 105 cm³/mol. The Labute approximate surface area is 153 Å². The molecule has 6 nitrogen and oxygen atoms in total. The number of hydrogen-bond acceptors (Lipinski definition) is 4. The van der Waals surface area contributed by atoms with Gasteiger partial charge in [-0.3, -0.25) is 0 Å². The summed E-state index contributed by atoms with van der Waals surface area (Å²) in [4.78, 5) is 14.3. The van der Waals surface area contributed by atoms with Crippen LogP contribution in [0.25, 0.3) is 0 Å². The van der Waals surface area contributed by atoms with Crippen LogP contribution >= 0.6 is 0 Å². The summed E-state index contributed by atoms with van der Waals surface area (Å²) in [6, 6.07) is 15.0. The maximum atomic E-state index is 11.9. The van der Waals surface area contributed by atoms with E-state index in [-0.39, 0.29) is 0 Å². The highest BCUT2D eigenvalue weighted by Crippen LogP contribution is 2.22. The number of piperidine rings is 1. The zero-order valence-electron chi connectivity index (χ0n) is 14.9. The second kappa shape index (κ2) is 8.89. The number of anilines is 2. The van der Waals surface area contributed by atoms with Crippen LogP contribution in [0.15, 0.2) is 53.6 Å². The van der Waals surface area contributed by atoms with Gasteiger partial charge in [-0.2, -0.15) is 5.10 Å². The number of rotatable bonds is 5. The lowest BCUT2D eigenvalue weighted by atomic mass is 10.1. The van der Waals surface area contributed by atoms with Crippen LogP contribution in [0.1, 0.15) is 24.8 Å². The zero-order valence-corrected chi connectivity index (χ0v) is 14.9. The van der Waals surface area contributed by atoms with Gasteiger partial charge >= 0.3 is 6.03 Å². The van der Waals surface area contributed by atoms with Crippen LogP contribution in [0.5, 0.6) is 5.75 Å². The molecule has 2 N–H and O–H groups in total. The van der Waals surface area contributed by atoms with E-state index in [4.69, 9.17) is 4.74 Å². The quantitative estimate of drug-likeness (QED) is 0.635. The first-order chi connectivity index (χ1) is 12.8. The highest BCUT2D eigenvalue weighted by Gasteiger charge is 2.10. The normalized spacial score (nSPS) is 14.3. The topological polar surface area (TPSA) is 66.0 Å². The lowest BCUT2D eigenvalue weighted by Crippen LogP contribution is -2.29. The fourth-order valence-electron chi connectivity index (χ4n) is 2.99. The van der Waals surface area contributed by atoms with Crippen molar-refractivity contribution in [2.45, 2.75) is 19.3 Å². The number of nitrogens with zero attached hydrogens (tertiary/aromatic N) is 2. The maximum absolute atomic E-state index is 11.9. The van der Waals surface area contributed by atoms with Crippen molar-refractivity contribution in [2.75, 3.05) is 30.4 Å². The molecule has 1 saturated heterocycles. The molecule has 1 aliphatic heterocycles. The highest BCUT2D eigenvalue weighted by molar-refractivity contribution is 5.91. The van der Waals surface area contributed by atoms with Gasteiger partial charge in [-0.15, -0.1) is 0 Å².